The van der Waals surface area contributed by atoms with Crippen molar-refractivity contribution in [2.45, 2.75) is 26.3 Å². The highest BCUT2D eigenvalue weighted by atomic mass is 32.1. The lowest BCUT2D eigenvalue weighted by atomic mass is 10.1. The predicted octanol–water partition coefficient (Wildman–Crippen LogP) is 3.53. The molecule has 1 atom stereocenters. The number of nitrogens with one attached hydrogen (secondary N) is 1. The zero-order valence-corrected chi connectivity index (χ0v) is 13.8. The van der Waals surface area contributed by atoms with Crippen LogP contribution in [-0.2, 0) is 11.2 Å². The van der Waals surface area contributed by atoms with Gasteiger partial charge >= 0.3 is 0 Å². The van der Waals surface area contributed by atoms with Gasteiger partial charge in [-0.15, -0.1) is 21.5 Å². The number of amides is 1. The molecule has 6 heteroatoms. The Bertz CT molecular complexity index is 795. The summed E-state index contributed by atoms with van der Waals surface area (Å²) in [6.07, 6.45) is 0.0780. The molecule has 118 valence electrons. The van der Waals surface area contributed by atoms with E-state index < -0.39 is 0 Å². The Morgan fingerprint density at radius 1 is 1.26 bits per heavy atom. The van der Waals surface area contributed by atoms with Gasteiger partial charge in [0.15, 0.2) is 0 Å². The molecule has 3 rings (SSSR count). The van der Waals surface area contributed by atoms with Crippen LogP contribution in [0.1, 0.15) is 30.0 Å². The molecule has 1 amide bonds. The zero-order valence-electron chi connectivity index (χ0n) is 12.9. The summed E-state index contributed by atoms with van der Waals surface area (Å²) in [4.78, 5) is 13.1. The highest BCUT2D eigenvalue weighted by molar-refractivity contribution is 7.13. The number of nitrogens with zero attached hydrogens (tertiary/aromatic N) is 2. The molecule has 0 aliphatic rings. The third-order valence-electron chi connectivity index (χ3n) is 3.51. The van der Waals surface area contributed by atoms with Crippen LogP contribution in [0.3, 0.4) is 0 Å². The van der Waals surface area contributed by atoms with Gasteiger partial charge in [0.2, 0.25) is 11.8 Å². The monoisotopic (exact) mass is 327 g/mol. The number of rotatable bonds is 5. The first-order valence-electron chi connectivity index (χ1n) is 7.34. The number of benzene rings is 1. The van der Waals surface area contributed by atoms with Crippen LogP contribution in [0.5, 0.6) is 0 Å². The number of carbonyl (C=O) groups excluding carboxylic acids is 1. The number of hydrogen-bond donors (Lipinski definition) is 1. The van der Waals surface area contributed by atoms with Crippen LogP contribution >= 0.6 is 11.3 Å². The molecule has 0 aliphatic carbocycles. The zero-order chi connectivity index (χ0) is 16.2. The number of aryl methyl sites for hydroxylation is 1. The molecule has 0 radical (unpaired) electrons. The third-order valence-corrected chi connectivity index (χ3v) is 4.52. The van der Waals surface area contributed by atoms with Crippen molar-refractivity contribution < 1.29 is 9.21 Å². The van der Waals surface area contributed by atoms with Crippen LogP contribution in [0.15, 0.2) is 46.2 Å². The van der Waals surface area contributed by atoms with Crippen LogP contribution in [0, 0.1) is 6.92 Å². The van der Waals surface area contributed by atoms with E-state index in [1.54, 1.807) is 11.3 Å². The van der Waals surface area contributed by atoms with Crippen molar-refractivity contribution in [1.82, 2.24) is 15.5 Å². The first-order chi connectivity index (χ1) is 11.1. The molecule has 0 spiro atoms. The van der Waals surface area contributed by atoms with Crippen LogP contribution in [0.25, 0.3) is 10.8 Å². The minimum atomic E-state index is -0.139. The average Bonchev–Trinajstić information content (AvgIpc) is 3.16. The molecular weight excluding hydrogens is 310 g/mol. The van der Waals surface area contributed by atoms with E-state index in [9.17, 15) is 4.79 Å². The lowest BCUT2D eigenvalue weighted by Gasteiger charge is -2.13. The van der Waals surface area contributed by atoms with Gasteiger partial charge in [0, 0.05) is 0 Å². The van der Waals surface area contributed by atoms with Gasteiger partial charge in [-0.3, -0.25) is 4.79 Å². The normalized spacial score (nSPS) is 12.1. The van der Waals surface area contributed by atoms with E-state index in [-0.39, 0.29) is 18.4 Å². The van der Waals surface area contributed by atoms with Gasteiger partial charge in [-0.2, -0.15) is 0 Å². The van der Waals surface area contributed by atoms with Crippen molar-refractivity contribution in [3.05, 3.63) is 58.8 Å². The molecule has 0 bridgehead atoms. The van der Waals surface area contributed by atoms with Crippen LogP contribution in [-0.4, -0.2) is 16.1 Å². The Hall–Kier alpha value is -2.47. The smallest absolute Gasteiger partial charge is 0.258 e. The van der Waals surface area contributed by atoms with Gasteiger partial charge in [-0.05, 0) is 36.4 Å². The van der Waals surface area contributed by atoms with Gasteiger partial charge in [-0.1, -0.05) is 30.3 Å². The Morgan fingerprint density at radius 2 is 2.04 bits per heavy atom. The minimum absolute atomic E-state index is 0.0642. The molecule has 1 aromatic carbocycles. The lowest BCUT2D eigenvalue weighted by Crippen LogP contribution is -2.28. The molecule has 5 nitrogen and oxygen atoms in total. The molecule has 1 unspecified atom stereocenters. The molecule has 1 N–H and O–H groups in total. The molecule has 23 heavy (non-hydrogen) atoms. The van der Waals surface area contributed by atoms with Crippen LogP contribution in [0.2, 0.25) is 0 Å². The summed E-state index contributed by atoms with van der Waals surface area (Å²) in [5.41, 5.74) is 2.15. The molecule has 0 fully saturated rings. The topological polar surface area (TPSA) is 68.0 Å². The number of thiophene rings is 1. The van der Waals surface area contributed by atoms with E-state index >= 15 is 0 Å². The fourth-order valence-corrected chi connectivity index (χ4v) is 3.11. The third kappa shape index (κ3) is 3.65. The second kappa shape index (κ2) is 6.75. The van der Waals surface area contributed by atoms with Crippen LogP contribution < -0.4 is 5.32 Å². The summed E-state index contributed by atoms with van der Waals surface area (Å²) < 4.78 is 5.59. The second-order valence-corrected chi connectivity index (χ2v) is 6.23. The Morgan fingerprint density at radius 3 is 2.74 bits per heavy atom. The van der Waals surface area contributed by atoms with Gasteiger partial charge in [0.1, 0.15) is 6.42 Å². The molecule has 2 heterocycles. The maximum Gasteiger partial charge on any atom is 0.258 e. The minimum Gasteiger partial charge on any atom is -0.419 e. The highest BCUT2D eigenvalue weighted by Crippen LogP contribution is 2.27. The average molecular weight is 327 g/mol. The molecule has 0 saturated heterocycles. The second-order valence-electron chi connectivity index (χ2n) is 5.31. The quantitative estimate of drug-likeness (QED) is 0.778. The van der Waals surface area contributed by atoms with Gasteiger partial charge in [0.25, 0.3) is 5.89 Å². The fraction of sp³-hybridized carbons (Fsp3) is 0.235. The summed E-state index contributed by atoms with van der Waals surface area (Å²) in [6.45, 7) is 3.94. The van der Waals surface area contributed by atoms with Gasteiger partial charge in [-0.25, -0.2) is 0 Å². The van der Waals surface area contributed by atoms with E-state index in [4.69, 9.17) is 4.42 Å². The Kier molecular flexibility index (Phi) is 4.52. The maximum atomic E-state index is 12.1. The maximum absolute atomic E-state index is 12.1. The van der Waals surface area contributed by atoms with Crippen molar-refractivity contribution in [2.75, 3.05) is 0 Å². The van der Waals surface area contributed by atoms with Gasteiger partial charge in [0.05, 0.1) is 10.9 Å². The Labute approximate surface area is 138 Å². The summed E-state index contributed by atoms with van der Waals surface area (Å²) >= 11 is 1.55. The molecule has 2 aromatic heterocycles. The molecule has 0 aliphatic heterocycles. The largest absolute Gasteiger partial charge is 0.419 e. The lowest BCUT2D eigenvalue weighted by molar-refractivity contribution is -0.121. The summed E-state index contributed by atoms with van der Waals surface area (Å²) in [7, 11) is 0. The van der Waals surface area contributed by atoms with E-state index in [0.29, 0.717) is 11.8 Å². The first-order valence-corrected chi connectivity index (χ1v) is 8.22. The number of aromatic nitrogens is 2. The predicted molar refractivity (Wildman–Crippen MR) is 89.1 cm³/mol. The standard InChI is InChI=1S/C17H17N3O2S/c1-11-8-9-23-16(11)17-20-19-15(22-17)10-14(21)18-12(2)13-6-4-3-5-7-13/h3-9,12H,10H2,1-2H3,(H,18,21). The van der Waals surface area contributed by atoms with Crippen molar-refractivity contribution in [3.8, 4) is 10.8 Å². The van der Waals surface area contributed by atoms with Gasteiger partial charge < -0.3 is 9.73 Å². The van der Waals surface area contributed by atoms with E-state index in [0.717, 1.165) is 16.0 Å². The van der Waals surface area contributed by atoms with E-state index in [1.807, 2.05) is 55.6 Å². The van der Waals surface area contributed by atoms with Crippen molar-refractivity contribution in [2.24, 2.45) is 0 Å². The summed E-state index contributed by atoms with van der Waals surface area (Å²) in [6, 6.07) is 11.7. The first kappa shape index (κ1) is 15.4. The van der Waals surface area contributed by atoms with E-state index in [2.05, 4.69) is 15.5 Å². The number of carbonyl (C=O) groups is 1. The Balaban J connectivity index is 1.63. The van der Waals surface area contributed by atoms with Crippen molar-refractivity contribution in [3.63, 3.8) is 0 Å². The molecule has 3 aromatic rings. The number of hydrogen-bond acceptors (Lipinski definition) is 5. The van der Waals surface area contributed by atoms with Crippen molar-refractivity contribution in [1.29, 1.82) is 0 Å². The summed E-state index contributed by atoms with van der Waals surface area (Å²) in [5, 5.41) is 12.9. The molecular formula is C17H17N3O2S. The molecule has 0 saturated carbocycles. The SMILES string of the molecule is Cc1ccsc1-c1nnc(CC(=O)NC(C)c2ccccc2)o1. The van der Waals surface area contributed by atoms with Crippen LogP contribution in [0.4, 0.5) is 0 Å². The summed E-state index contributed by atoms with van der Waals surface area (Å²) in [5.74, 6) is 0.654. The van der Waals surface area contributed by atoms with E-state index in [1.165, 1.54) is 0 Å². The fourth-order valence-electron chi connectivity index (χ4n) is 2.26. The van der Waals surface area contributed by atoms with Crippen molar-refractivity contribution >= 4 is 17.2 Å². The highest BCUT2D eigenvalue weighted by Gasteiger charge is 2.16.